The summed E-state index contributed by atoms with van der Waals surface area (Å²) in [5, 5.41) is 0. The first-order chi connectivity index (χ1) is 18.4. The smallest absolute Gasteiger partial charge is 0.184 e. The summed E-state index contributed by atoms with van der Waals surface area (Å²) in [6.07, 6.45) is 9.93. The lowest BCUT2D eigenvalue weighted by Gasteiger charge is -2.44. The van der Waals surface area contributed by atoms with Crippen LogP contribution >= 0.6 is 0 Å². The fourth-order valence-corrected chi connectivity index (χ4v) is 5.36. The van der Waals surface area contributed by atoms with Gasteiger partial charge < -0.3 is 42.6 Å². The number of unbranched alkanes of at least 4 members (excludes halogenated alkanes) is 1. The van der Waals surface area contributed by atoms with Crippen molar-refractivity contribution in [1.82, 2.24) is 0 Å². The van der Waals surface area contributed by atoms with Gasteiger partial charge in [-0.25, -0.2) is 0 Å². The van der Waals surface area contributed by atoms with Crippen molar-refractivity contribution in [2.24, 2.45) is 17.8 Å². The highest BCUT2D eigenvalue weighted by Gasteiger charge is 2.45. The maximum atomic E-state index is 6.13. The van der Waals surface area contributed by atoms with Gasteiger partial charge in [0, 0.05) is 47.4 Å². The fraction of sp³-hybridized carbons (Fsp3) is 0.862. The van der Waals surface area contributed by atoms with Crippen LogP contribution in [0.25, 0.3) is 0 Å². The Morgan fingerprint density at radius 2 is 1.08 bits per heavy atom. The van der Waals surface area contributed by atoms with E-state index in [1.54, 1.807) is 35.5 Å². The van der Waals surface area contributed by atoms with Crippen molar-refractivity contribution in [3.63, 3.8) is 0 Å². The summed E-state index contributed by atoms with van der Waals surface area (Å²) in [4.78, 5) is 0. The summed E-state index contributed by atoms with van der Waals surface area (Å²) >= 11 is 0. The average molecular weight is 545 g/mol. The van der Waals surface area contributed by atoms with Gasteiger partial charge in [-0.15, -0.1) is 0 Å². The Kier molecular flexibility index (Phi) is 16.2. The second kappa shape index (κ2) is 18.5. The maximum absolute atomic E-state index is 6.13. The molecule has 0 aromatic heterocycles. The van der Waals surface area contributed by atoms with Crippen molar-refractivity contribution in [1.29, 1.82) is 0 Å². The molecule has 2 aliphatic heterocycles. The molecular weight excluding hydrogens is 492 g/mol. The Balaban J connectivity index is 1.64. The highest BCUT2D eigenvalue weighted by Crippen LogP contribution is 2.33. The highest BCUT2D eigenvalue weighted by molar-refractivity contribution is 4.91. The largest absolute Gasteiger partial charge is 0.382 e. The number of rotatable bonds is 17. The molecule has 2 aliphatic rings. The van der Waals surface area contributed by atoms with Crippen molar-refractivity contribution in [2.75, 3.05) is 62.0 Å². The molecule has 0 N–H and O–H groups in total. The molecule has 0 aromatic rings. The van der Waals surface area contributed by atoms with Crippen LogP contribution in [0.1, 0.15) is 40.0 Å². The topological polar surface area (TPSA) is 83.1 Å². The molecule has 6 unspecified atom stereocenters. The van der Waals surface area contributed by atoms with Crippen molar-refractivity contribution < 1.29 is 42.6 Å². The lowest BCUT2D eigenvalue weighted by Crippen LogP contribution is -2.56. The minimum absolute atomic E-state index is 0.00766. The molecule has 2 rings (SSSR count). The third-order valence-electron chi connectivity index (χ3n) is 7.67. The van der Waals surface area contributed by atoms with Gasteiger partial charge >= 0.3 is 0 Å². The molecule has 10 atom stereocenters. The second-order valence-electron chi connectivity index (χ2n) is 10.2. The Bertz CT molecular complexity index is 670. The molecule has 2 saturated heterocycles. The zero-order valence-electron chi connectivity index (χ0n) is 24.7. The lowest BCUT2D eigenvalue weighted by molar-refractivity contribution is -0.296. The van der Waals surface area contributed by atoms with Gasteiger partial charge in [-0.2, -0.15) is 0 Å². The normalized spacial score (nSPS) is 36.4. The minimum Gasteiger partial charge on any atom is -0.382 e. The predicted molar refractivity (Wildman–Crippen MR) is 145 cm³/mol. The number of allylic oxidation sites excluding steroid dienone is 2. The van der Waals surface area contributed by atoms with E-state index in [0.717, 1.165) is 19.3 Å². The Morgan fingerprint density at radius 3 is 1.66 bits per heavy atom. The lowest BCUT2D eigenvalue weighted by atomic mass is 9.84. The fourth-order valence-electron chi connectivity index (χ4n) is 5.36. The van der Waals surface area contributed by atoms with Crippen LogP contribution in [0.4, 0.5) is 0 Å². The first-order valence-corrected chi connectivity index (χ1v) is 13.8. The van der Waals surface area contributed by atoms with Crippen molar-refractivity contribution in [2.45, 2.75) is 83.1 Å². The summed E-state index contributed by atoms with van der Waals surface area (Å²) in [6, 6.07) is 0. The van der Waals surface area contributed by atoms with Crippen LogP contribution in [0.2, 0.25) is 0 Å². The molecule has 0 spiro atoms. The molecule has 222 valence electrons. The maximum Gasteiger partial charge on any atom is 0.184 e. The van der Waals surface area contributed by atoms with Gasteiger partial charge in [0.15, 0.2) is 12.6 Å². The summed E-state index contributed by atoms with van der Waals surface area (Å²) in [6.45, 7) is 8.44. The first kappa shape index (κ1) is 33.3. The van der Waals surface area contributed by atoms with E-state index in [-0.39, 0.29) is 48.6 Å². The first-order valence-electron chi connectivity index (χ1n) is 13.8. The molecule has 9 heteroatoms. The van der Waals surface area contributed by atoms with E-state index in [0.29, 0.717) is 32.3 Å². The van der Waals surface area contributed by atoms with E-state index in [9.17, 15) is 0 Å². The number of methoxy groups -OCH3 is 5. The molecule has 0 amide bonds. The average Bonchev–Trinajstić information content (AvgIpc) is 2.90. The molecule has 2 heterocycles. The van der Waals surface area contributed by atoms with Crippen LogP contribution in [0.3, 0.4) is 0 Å². The van der Waals surface area contributed by atoms with E-state index in [1.807, 2.05) is 0 Å². The van der Waals surface area contributed by atoms with Crippen molar-refractivity contribution in [3.8, 4) is 0 Å². The predicted octanol–water partition coefficient (Wildman–Crippen LogP) is 4.00. The Morgan fingerprint density at radius 1 is 0.553 bits per heavy atom. The molecule has 9 nitrogen and oxygen atoms in total. The minimum atomic E-state index is -0.443. The van der Waals surface area contributed by atoms with Gasteiger partial charge in [0.05, 0.1) is 38.6 Å². The Labute approximate surface area is 230 Å². The molecule has 0 radical (unpaired) electrons. The zero-order valence-corrected chi connectivity index (χ0v) is 24.7. The standard InChI is InChI=1S/C29H52O9/c1-20-21(2)28(37-23(18-30-4)25(20)32-6)35-16-14-12-10-9-11-13-15-17-36-29-27(34-8)22(3)26(33-7)24(38-29)19-31-5/h11-14,20-29H,9-10,15-19H2,1-8H3/b13-11+,14-12+/t20?,21?,22-,23?,24?,25-,26-,27?,28+,29?/m0/s1. The van der Waals surface area contributed by atoms with E-state index < -0.39 is 6.29 Å². The van der Waals surface area contributed by atoms with Crippen LogP contribution in [0.15, 0.2) is 24.3 Å². The quantitative estimate of drug-likeness (QED) is 0.199. The molecular formula is C29H52O9. The van der Waals surface area contributed by atoms with E-state index in [1.165, 1.54) is 0 Å². The van der Waals surface area contributed by atoms with Crippen molar-refractivity contribution in [3.05, 3.63) is 24.3 Å². The number of hydrogen-bond acceptors (Lipinski definition) is 9. The summed E-state index contributed by atoms with van der Waals surface area (Å²) in [7, 11) is 8.44. The molecule has 0 aromatic carbocycles. The Hall–Kier alpha value is -0.880. The van der Waals surface area contributed by atoms with Gasteiger partial charge in [0.1, 0.15) is 18.3 Å². The third kappa shape index (κ3) is 9.64. The molecule has 0 bridgehead atoms. The van der Waals surface area contributed by atoms with Crippen molar-refractivity contribution >= 4 is 0 Å². The van der Waals surface area contributed by atoms with Crippen LogP contribution in [-0.4, -0.2) is 105 Å². The summed E-state index contributed by atoms with van der Waals surface area (Å²) < 4.78 is 51.8. The zero-order chi connectivity index (χ0) is 27.9. The van der Waals surface area contributed by atoms with Gasteiger partial charge in [0.2, 0.25) is 0 Å². The van der Waals surface area contributed by atoms with Gasteiger partial charge in [-0.1, -0.05) is 45.1 Å². The monoisotopic (exact) mass is 544 g/mol. The number of hydrogen-bond donors (Lipinski definition) is 0. The second-order valence-corrected chi connectivity index (χ2v) is 10.2. The van der Waals surface area contributed by atoms with Crippen LogP contribution in [0.5, 0.6) is 0 Å². The molecule has 2 fully saturated rings. The van der Waals surface area contributed by atoms with E-state index in [4.69, 9.17) is 42.6 Å². The molecule has 0 saturated carbocycles. The van der Waals surface area contributed by atoms with Crippen LogP contribution in [0, 0.1) is 17.8 Å². The molecule has 38 heavy (non-hydrogen) atoms. The van der Waals surface area contributed by atoms with E-state index >= 15 is 0 Å². The van der Waals surface area contributed by atoms with Gasteiger partial charge in [-0.3, -0.25) is 0 Å². The summed E-state index contributed by atoms with van der Waals surface area (Å²) in [5.74, 6) is 0.681. The third-order valence-corrected chi connectivity index (χ3v) is 7.67. The van der Waals surface area contributed by atoms with Crippen LogP contribution < -0.4 is 0 Å². The van der Waals surface area contributed by atoms with E-state index in [2.05, 4.69) is 45.1 Å². The number of ether oxygens (including phenoxy) is 9. The van der Waals surface area contributed by atoms with Crippen LogP contribution in [-0.2, 0) is 42.6 Å². The molecule has 0 aliphatic carbocycles. The SMILES string of the molecule is COCC1O[C@@H](OC/C=C/CC/C=C/CCOC2OC(COC)[C@@H](OC)[C@H](C)C2OC)C(C)C(C)[C@@H]1OC. The van der Waals surface area contributed by atoms with Gasteiger partial charge in [-0.05, 0) is 25.2 Å². The van der Waals surface area contributed by atoms with Gasteiger partial charge in [0.25, 0.3) is 0 Å². The summed E-state index contributed by atoms with van der Waals surface area (Å²) in [5.41, 5.74) is 0. The highest BCUT2D eigenvalue weighted by atomic mass is 16.7.